The zero-order chi connectivity index (χ0) is 10.7. The van der Waals surface area contributed by atoms with Crippen molar-refractivity contribution in [3.63, 3.8) is 0 Å². The van der Waals surface area contributed by atoms with Crippen molar-refractivity contribution in [2.75, 3.05) is 0 Å². The summed E-state index contributed by atoms with van der Waals surface area (Å²) < 4.78 is 0. The van der Waals surface area contributed by atoms with Gasteiger partial charge in [0, 0.05) is 5.02 Å². The molecular formula is C10H9Br2ClO. The minimum Gasteiger partial charge on any atom is -0.299 e. The van der Waals surface area contributed by atoms with Crippen molar-refractivity contribution in [1.29, 1.82) is 0 Å². The Morgan fingerprint density at radius 2 is 1.79 bits per heavy atom. The molecule has 0 saturated heterocycles. The Morgan fingerprint density at radius 3 is 2.21 bits per heavy atom. The molecule has 1 nitrogen and oxygen atoms in total. The van der Waals surface area contributed by atoms with Gasteiger partial charge in [-0.2, -0.15) is 0 Å². The summed E-state index contributed by atoms with van der Waals surface area (Å²) in [6, 6.07) is 7.42. The van der Waals surface area contributed by atoms with Crippen LogP contribution < -0.4 is 0 Å². The lowest BCUT2D eigenvalue weighted by Gasteiger charge is -2.14. The molecule has 0 aliphatic heterocycles. The van der Waals surface area contributed by atoms with Crippen LogP contribution in [0.1, 0.15) is 17.3 Å². The van der Waals surface area contributed by atoms with Crippen LogP contribution in [0.2, 0.25) is 5.02 Å². The zero-order valence-electron chi connectivity index (χ0n) is 7.51. The van der Waals surface area contributed by atoms with E-state index in [1.54, 1.807) is 6.92 Å². The van der Waals surface area contributed by atoms with Crippen LogP contribution in [0.3, 0.4) is 0 Å². The molecule has 14 heavy (non-hydrogen) atoms. The quantitative estimate of drug-likeness (QED) is 0.756. The van der Waals surface area contributed by atoms with Crippen molar-refractivity contribution in [3.8, 4) is 0 Å². The lowest BCUT2D eigenvalue weighted by Crippen LogP contribution is -2.15. The van der Waals surface area contributed by atoms with E-state index in [4.69, 9.17) is 11.6 Å². The van der Waals surface area contributed by atoms with Gasteiger partial charge in [0.05, 0.1) is 9.65 Å². The third-order valence-corrected chi connectivity index (χ3v) is 5.03. The van der Waals surface area contributed by atoms with Gasteiger partial charge < -0.3 is 0 Å². The number of ketones is 1. The third-order valence-electron chi connectivity index (χ3n) is 1.83. The molecule has 0 aromatic heterocycles. The van der Waals surface area contributed by atoms with Crippen LogP contribution >= 0.6 is 43.5 Å². The number of rotatable bonds is 3. The fourth-order valence-electron chi connectivity index (χ4n) is 1.02. The van der Waals surface area contributed by atoms with Gasteiger partial charge >= 0.3 is 0 Å². The second kappa shape index (κ2) is 5.29. The number of alkyl halides is 2. The largest absolute Gasteiger partial charge is 0.299 e. The summed E-state index contributed by atoms with van der Waals surface area (Å²) in [6.45, 7) is 1.56. The number of benzene rings is 1. The molecule has 0 aliphatic carbocycles. The molecule has 2 atom stereocenters. The topological polar surface area (TPSA) is 17.1 Å². The van der Waals surface area contributed by atoms with Gasteiger partial charge in [0.1, 0.15) is 5.78 Å². The number of hydrogen-bond donors (Lipinski definition) is 0. The lowest BCUT2D eigenvalue weighted by atomic mass is 10.1. The molecule has 0 spiro atoms. The highest BCUT2D eigenvalue weighted by Gasteiger charge is 2.21. The number of carbonyl (C=O) groups excluding carboxylic acids is 1. The Hall–Kier alpha value is 0.140. The number of hydrogen-bond acceptors (Lipinski definition) is 1. The fraction of sp³-hybridized carbons (Fsp3) is 0.300. The molecule has 0 heterocycles. The second-order valence-electron chi connectivity index (χ2n) is 2.97. The van der Waals surface area contributed by atoms with E-state index in [2.05, 4.69) is 31.9 Å². The monoisotopic (exact) mass is 338 g/mol. The minimum absolute atomic E-state index is 0.0164. The zero-order valence-corrected chi connectivity index (χ0v) is 11.4. The van der Waals surface area contributed by atoms with Crippen molar-refractivity contribution >= 4 is 49.2 Å². The van der Waals surface area contributed by atoms with Crippen LogP contribution in [0.4, 0.5) is 0 Å². The predicted molar refractivity (Wildman–Crippen MR) is 66.5 cm³/mol. The summed E-state index contributed by atoms with van der Waals surface area (Å²) >= 11 is 12.6. The molecule has 0 unspecified atom stereocenters. The molecule has 1 aromatic rings. The molecule has 0 amide bonds. The standard InChI is InChI=1S/C10H9Br2ClO/c1-6(14)9(11)10(12)7-2-4-8(13)5-3-7/h2-5,9-10H,1H3/t9-,10+/m1/s1. The van der Waals surface area contributed by atoms with E-state index in [0.717, 1.165) is 5.56 Å². The maximum atomic E-state index is 11.1. The van der Waals surface area contributed by atoms with Gasteiger partial charge in [-0.1, -0.05) is 55.6 Å². The average Bonchev–Trinajstić information content (AvgIpc) is 2.16. The molecule has 0 N–H and O–H groups in total. The highest BCUT2D eigenvalue weighted by Crippen LogP contribution is 2.32. The van der Waals surface area contributed by atoms with E-state index in [1.807, 2.05) is 24.3 Å². The molecule has 1 aromatic carbocycles. The molecule has 4 heteroatoms. The van der Waals surface area contributed by atoms with Gasteiger partial charge in [0.25, 0.3) is 0 Å². The third kappa shape index (κ3) is 3.07. The molecule has 0 radical (unpaired) electrons. The molecule has 0 fully saturated rings. The number of halogens is 3. The van der Waals surface area contributed by atoms with E-state index in [9.17, 15) is 4.79 Å². The Morgan fingerprint density at radius 1 is 1.29 bits per heavy atom. The van der Waals surface area contributed by atoms with Gasteiger partial charge in [0.15, 0.2) is 0 Å². The molecule has 0 bridgehead atoms. The van der Waals surface area contributed by atoms with Crippen molar-refractivity contribution in [2.24, 2.45) is 0 Å². The fourth-order valence-corrected chi connectivity index (χ4v) is 2.13. The molecule has 1 rings (SSSR count). The van der Waals surface area contributed by atoms with Crippen molar-refractivity contribution in [1.82, 2.24) is 0 Å². The highest BCUT2D eigenvalue weighted by atomic mass is 79.9. The molecule has 0 aliphatic rings. The normalized spacial score (nSPS) is 14.9. The van der Waals surface area contributed by atoms with Gasteiger partial charge in [-0.3, -0.25) is 4.79 Å². The first-order chi connectivity index (χ1) is 6.52. The SMILES string of the molecule is CC(=O)[C@@H](Br)[C@@H](Br)c1ccc(Cl)cc1. The summed E-state index contributed by atoms with van der Waals surface area (Å²) in [5.41, 5.74) is 1.03. The van der Waals surface area contributed by atoms with E-state index in [-0.39, 0.29) is 15.4 Å². The first kappa shape index (κ1) is 12.2. The van der Waals surface area contributed by atoms with Gasteiger partial charge in [-0.25, -0.2) is 0 Å². The van der Waals surface area contributed by atoms with Crippen LogP contribution in [0.5, 0.6) is 0 Å². The summed E-state index contributed by atoms with van der Waals surface area (Å²) in [5, 5.41) is 0.697. The van der Waals surface area contributed by atoms with Crippen LogP contribution in [0.15, 0.2) is 24.3 Å². The van der Waals surface area contributed by atoms with E-state index >= 15 is 0 Å². The smallest absolute Gasteiger partial charge is 0.144 e. The van der Waals surface area contributed by atoms with Crippen LogP contribution in [-0.4, -0.2) is 10.6 Å². The lowest BCUT2D eigenvalue weighted by molar-refractivity contribution is -0.116. The maximum absolute atomic E-state index is 11.1. The summed E-state index contributed by atoms with van der Waals surface area (Å²) in [5.74, 6) is 0.0989. The number of Topliss-reactive ketones (excluding diaryl/α,β-unsaturated/α-hetero) is 1. The summed E-state index contributed by atoms with van der Waals surface area (Å²) in [6.07, 6.45) is 0. The van der Waals surface area contributed by atoms with E-state index in [1.165, 1.54) is 0 Å². The van der Waals surface area contributed by atoms with E-state index in [0.29, 0.717) is 5.02 Å². The minimum atomic E-state index is -0.205. The highest BCUT2D eigenvalue weighted by molar-refractivity contribution is 9.12. The van der Waals surface area contributed by atoms with Gasteiger partial charge in [-0.05, 0) is 24.6 Å². The Kier molecular flexibility index (Phi) is 4.61. The first-order valence-corrected chi connectivity index (χ1v) is 6.27. The number of carbonyl (C=O) groups is 1. The Bertz CT molecular complexity index is 323. The average molecular weight is 340 g/mol. The Balaban J connectivity index is 2.84. The summed E-state index contributed by atoms with van der Waals surface area (Å²) in [7, 11) is 0. The molecule has 76 valence electrons. The van der Waals surface area contributed by atoms with Crippen molar-refractivity contribution in [3.05, 3.63) is 34.9 Å². The van der Waals surface area contributed by atoms with Gasteiger partial charge in [-0.15, -0.1) is 0 Å². The first-order valence-electron chi connectivity index (χ1n) is 4.06. The van der Waals surface area contributed by atoms with Gasteiger partial charge in [0.2, 0.25) is 0 Å². The molecular weight excluding hydrogens is 331 g/mol. The maximum Gasteiger partial charge on any atom is 0.144 e. The van der Waals surface area contributed by atoms with Crippen molar-refractivity contribution in [2.45, 2.75) is 16.6 Å². The molecule has 0 saturated carbocycles. The van der Waals surface area contributed by atoms with Crippen LogP contribution in [-0.2, 0) is 4.79 Å². The Labute approximate surface area is 105 Å². The second-order valence-corrected chi connectivity index (χ2v) is 5.38. The van der Waals surface area contributed by atoms with Crippen LogP contribution in [0.25, 0.3) is 0 Å². The summed E-state index contributed by atoms with van der Waals surface area (Å²) in [4.78, 5) is 10.9. The van der Waals surface area contributed by atoms with E-state index < -0.39 is 0 Å². The van der Waals surface area contributed by atoms with Crippen LogP contribution in [0, 0.1) is 0 Å². The predicted octanol–water partition coefficient (Wildman–Crippen LogP) is 4.13. The van der Waals surface area contributed by atoms with Crippen molar-refractivity contribution < 1.29 is 4.79 Å².